The number of hydrogen-bond donors (Lipinski definition) is 1. The number of aromatic amines is 1. The molecule has 0 radical (unpaired) electrons. The van der Waals surface area contributed by atoms with Crippen LogP contribution in [0.3, 0.4) is 0 Å². The number of rotatable bonds is 2. The van der Waals surface area contributed by atoms with Gasteiger partial charge in [-0.3, -0.25) is 9.69 Å². The van der Waals surface area contributed by atoms with Gasteiger partial charge in [0.15, 0.2) is 11.6 Å². The summed E-state index contributed by atoms with van der Waals surface area (Å²) in [5, 5.41) is 0. The largest absolute Gasteiger partial charge is 0.311 e. The first-order chi connectivity index (χ1) is 10.4. The SMILES string of the molecule is Cc1nc2c(c(=O)[nH]1)CCN(Cc1cc(F)c(F)cc1F)C2. The lowest BCUT2D eigenvalue weighted by atomic mass is 10.1. The van der Waals surface area contributed by atoms with Gasteiger partial charge in [-0.15, -0.1) is 0 Å². The lowest BCUT2D eigenvalue weighted by Crippen LogP contribution is -2.35. The minimum absolute atomic E-state index is 0.0870. The molecule has 0 unspecified atom stereocenters. The standard InChI is InChI=1S/C15H14F3N3O/c1-8-19-14-7-21(3-2-10(14)15(22)20-8)6-9-4-12(17)13(18)5-11(9)16/h4-5H,2-3,6-7H2,1H3,(H,19,20,22). The van der Waals surface area contributed by atoms with Crippen molar-refractivity contribution in [2.45, 2.75) is 26.4 Å². The van der Waals surface area contributed by atoms with E-state index >= 15 is 0 Å². The average Bonchev–Trinajstić information content (AvgIpc) is 2.44. The Labute approximate surface area is 124 Å². The lowest BCUT2D eigenvalue weighted by Gasteiger charge is -2.27. The highest BCUT2D eigenvalue weighted by atomic mass is 19.2. The van der Waals surface area contributed by atoms with E-state index in [1.54, 1.807) is 6.92 Å². The van der Waals surface area contributed by atoms with E-state index in [0.717, 1.165) is 6.07 Å². The van der Waals surface area contributed by atoms with Crippen molar-refractivity contribution in [2.24, 2.45) is 0 Å². The highest BCUT2D eigenvalue weighted by molar-refractivity contribution is 5.23. The van der Waals surface area contributed by atoms with Crippen molar-refractivity contribution < 1.29 is 13.2 Å². The monoisotopic (exact) mass is 309 g/mol. The predicted octanol–water partition coefficient (Wildman–Crippen LogP) is 2.05. The number of nitrogens with zero attached hydrogens (tertiary/aromatic N) is 2. The molecule has 1 aromatic heterocycles. The summed E-state index contributed by atoms with van der Waals surface area (Å²) in [4.78, 5) is 20.6. The van der Waals surface area contributed by atoms with E-state index in [1.807, 2.05) is 4.90 Å². The van der Waals surface area contributed by atoms with Crippen LogP contribution in [-0.4, -0.2) is 21.4 Å². The minimum atomic E-state index is -1.20. The van der Waals surface area contributed by atoms with Crippen LogP contribution in [0.5, 0.6) is 0 Å². The maximum absolute atomic E-state index is 13.7. The summed E-state index contributed by atoms with van der Waals surface area (Å²) in [6.07, 6.45) is 0.489. The quantitative estimate of drug-likeness (QED) is 0.864. The van der Waals surface area contributed by atoms with Gasteiger partial charge in [-0.05, 0) is 19.4 Å². The summed E-state index contributed by atoms with van der Waals surface area (Å²) < 4.78 is 39.9. The van der Waals surface area contributed by atoms with Crippen molar-refractivity contribution in [2.75, 3.05) is 6.54 Å². The molecule has 0 spiro atoms. The number of halogens is 3. The molecule has 0 saturated carbocycles. The molecule has 2 heterocycles. The third-order valence-electron chi connectivity index (χ3n) is 3.75. The molecule has 0 bridgehead atoms. The molecule has 1 N–H and O–H groups in total. The van der Waals surface area contributed by atoms with E-state index in [1.165, 1.54) is 0 Å². The van der Waals surface area contributed by atoms with E-state index < -0.39 is 17.5 Å². The van der Waals surface area contributed by atoms with E-state index in [-0.39, 0.29) is 17.7 Å². The molecule has 0 fully saturated rings. The minimum Gasteiger partial charge on any atom is -0.311 e. The first-order valence-corrected chi connectivity index (χ1v) is 6.88. The summed E-state index contributed by atoms with van der Waals surface area (Å²) >= 11 is 0. The van der Waals surface area contributed by atoms with Gasteiger partial charge in [0.1, 0.15) is 11.6 Å². The topological polar surface area (TPSA) is 49.0 Å². The molecule has 0 aliphatic carbocycles. The highest BCUT2D eigenvalue weighted by Crippen LogP contribution is 2.20. The van der Waals surface area contributed by atoms with Crippen LogP contribution in [0.15, 0.2) is 16.9 Å². The zero-order valence-electron chi connectivity index (χ0n) is 11.9. The molecule has 7 heteroatoms. The van der Waals surface area contributed by atoms with Crippen LogP contribution in [0.4, 0.5) is 13.2 Å². The summed E-state index contributed by atoms with van der Waals surface area (Å²) in [5.74, 6) is -2.53. The Morgan fingerprint density at radius 2 is 1.95 bits per heavy atom. The zero-order chi connectivity index (χ0) is 15.9. The van der Waals surface area contributed by atoms with Gasteiger partial charge < -0.3 is 4.98 Å². The number of nitrogens with one attached hydrogen (secondary N) is 1. The fraction of sp³-hybridized carbons (Fsp3) is 0.333. The van der Waals surface area contributed by atoms with Crippen LogP contribution >= 0.6 is 0 Å². The molecule has 1 aliphatic heterocycles. The smallest absolute Gasteiger partial charge is 0.254 e. The summed E-state index contributed by atoms with van der Waals surface area (Å²) in [5.41, 5.74) is 1.22. The Kier molecular flexibility index (Phi) is 3.74. The number of aryl methyl sites for hydroxylation is 1. The Morgan fingerprint density at radius 3 is 2.73 bits per heavy atom. The average molecular weight is 309 g/mol. The highest BCUT2D eigenvalue weighted by Gasteiger charge is 2.22. The summed E-state index contributed by atoms with van der Waals surface area (Å²) in [7, 11) is 0. The van der Waals surface area contributed by atoms with Gasteiger partial charge in [-0.1, -0.05) is 0 Å². The van der Waals surface area contributed by atoms with E-state index in [0.29, 0.717) is 42.7 Å². The molecule has 3 rings (SSSR count). The second-order valence-corrected chi connectivity index (χ2v) is 5.39. The third-order valence-corrected chi connectivity index (χ3v) is 3.75. The number of aromatic nitrogens is 2. The second-order valence-electron chi connectivity index (χ2n) is 5.39. The normalized spacial score (nSPS) is 14.9. The van der Waals surface area contributed by atoms with E-state index in [2.05, 4.69) is 9.97 Å². The molecular formula is C15H14F3N3O. The number of hydrogen-bond acceptors (Lipinski definition) is 3. The van der Waals surface area contributed by atoms with Crippen LogP contribution in [0.25, 0.3) is 0 Å². The molecule has 1 aliphatic rings. The van der Waals surface area contributed by atoms with Crippen molar-refractivity contribution in [3.05, 3.63) is 62.6 Å². The van der Waals surface area contributed by atoms with Crippen LogP contribution in [0.2, 0.25) is 0 Å². The first kappa shape index (κ1) is 14.8. The van der Waals surface area contributed by atoms with Crippen molar-refractivity contribution in [3.63, 3.8) is 0 Å². The van der Waals surface area contributed by atoms with E-state index in [4.69, 9.17) is 0 Å². The molecular weight excluding hydrogens is 295 g/mol. The Morgan fingerprint density at radius 1 is 1.23 bits per heavy atom. The van der Waals surface area contributed by atoms with Gasteiger partial charge in [-0.25, -0.2) is 18.2 Å². The van der Waals surface area contributed by atoms with Crippen molar-refractivity contribution in [1.29, 1.82) is 0 Å². The van der Waals surface area contributed by atoms with Crippen molar-refractivity contribution in [1.82, 2.24) is 14.9 Å². The van der Waals surface area contributed by atoms with Gasteiger partial charge in [0.25, 0.3) is 5.56 Å². The number of H-pyrrole nitrogens is 1. The molecule has 116 valence electrons. The van der Waals surface area contributed by atoms with Crippen LogP contribution in [0, 0.1) is 24.4 Å². The Bertz CT molecular complexity index is 788. The van der Waals surface area contributed by atoms with Crippen LogP contribution in [-0.2, 0) is 19.5 Å². The molecule has 0 saturated heterocycles. The fourth-order valence-electron chi connectivity index (χ4n) is 2.68. The van der Waals surface area contributed by atoms with Gasteiger partial charge in [0.2, 0.25) is 0 Å². The third kappa shape index (κ3) is 2.76. The van der Waals surface area contributed by atoms with Gasteiger partial charge in [0, 0.05) is 36.8 Å². The molecule has 4 nitrogen and oxygen atoms in total. The molecule has 1 aromatic carbocycles. The maximum atomic E-state index is 13.7. The number of benzene rings is 1. The van der Waals surface area contributed by atoms with Crippen molar-refractivity contribution >= 4 is 0 Å². The van der Waals surface area contributed by atoms with Crippen LogP contribution < -0.4 is 5.56 Å². The van der Waals surface area contributed by atoms with E-state index in [9.17, 15) is 18.0 Å². The number of fused-ring (bicyclic) bond motifs is 1. The lowest BCUT2D eigenvalue weighted by molar-refractivity contribution is 0.236. The summed E-state index contributed by atoms with van der Waals surface area (Å²) in [6, 6.07) is 1.42. The zero-order valence-corrected chi connectivity index (χ0v) is 11.9. The predicted molar refractivity (Wildman–Crippen MR) is 73.7 cm³/mol. The Balaban J connectivity index is 1.84. The van der Waals surface area contributed by atoms with Crippen LogP contribution in [0.1, 0.15) is 22.6 Å². The van der Waals surface area contributed by atoms with Crippen molar-refractivity contribution in [3.8, 4) is 0 Å². The van der Waals surface area contributed by atoms with Gasteiger partial charge >= 0.3 is 0 Å². The van der Waals surface area contributed by atoms with Gasteiger partial charge in [-0.2, -0.15) is 0 Å². The Hall–Kier alpha value is -2.15. The molecule has 2 aromatic rings. The second kappa shape index (κ2) is 5.57. The summed E-state index contributed by atoms with van der Waals surface area (Å²) in [6.45, 7) is 2.73. The molecule has 0 atom stereocenters. The molecule has 0 amide bonds. The van der Waals surface area contributed by atoms with Gasteiger partial charge in [0.05, 0.1) is 5.69 Å². The maximum Gasteiger partial charge on any atom is 0.254 e. The first-order valence-electron chi connectivity index (χ1n) is 6.88. The fourth-order valence-corrected chi connectivity index (χ4v) is 2.68. The molecule has 22 heavy (non-hydrogen) atoms.